The maximum absolute atomic E-state index is 3.99. The van der Waals surface area contributed by atoms with Crippen molar-refractivity contribution in [3.05, 3.63) is 55.7 Å². The molecule has 16 heavy (non-hydrogen) atoms. The molecule has 0 fully saturated rings. The molecule has 0 nitrogen and oxygen atoms in total. The Morgan fingerprint density at radius 2 is 1.75 bits per heavy atom. The van der Waals surface area contributed by atoms with Crippen molar-refractivity contribution in [2.45, 2.75) is 25.7 Å². The Bertz CT molecular complexity index is 249. The molecule has 0 amide bonds. The second-order valence-electron chi connectivity index (χ2n) is 3.26. The van der Waals surface area contributed by atoms with Gasteiger partial charge in [0.2, 0.25) is 0 Å². The molecule has 0 atom stereocenters. The molecule has 2 radical (unpaired) electrons. The molecule has 1 aromatic rings. The van der Waals surface area contributed by atoms with Crippen molar-refractivity contribution < 1.29 is 98.1 Å². The zero-order chi connectivity index (χ0) is 9.52. The van der Waals surface area contributed by atoms with E-state index in [4.69, 9.17) is 0 Å². The van der Waals surface area contributed by atoms with Gasteiger partial charge in [0.1, 0.15) is 0 Å². The van der Waals surface area contributed by atoms with E-state index >= 15 is 0 Å². The molecule has 0 unspecified atom stereocenters. The van der Waals surface area contributed by atoms with Gasteiger partial charge in [0, 0.05) is 65.4 Å². The maximum Gasteiger partial charge on any atom is 3.00 e. The molecule has 0 N–H and O–H groups in total. The summed E-state index contributed by atoms with van der Waals surface area (Å²) in [5, 5.41) is 0. The van der Waals surface area contributed by atoms with Crippen molar-refractivity contribution in [2.75, 3.05) is 0 Å². The fourth-order valence-corrected chi connectivity index (χ4v) is 1.30. The van der Waals surface area contributed by atoms with E-state index in [0.29, 0.717) is 0 Å². The van der Waals surface area contributed by atoms with Crippen LogP contribution in [-0.4, -0.2) is 0 Å². The average molecular weight is 440 g/mol. The molecule has 0 bridgehead atoms. The van der Waals surface area contributed by atoms with E-state index in [1.807, 2.05) is 6.07 Å². The molecule has 0 aliphatic carbocycles. The van der Waals surface area contributed by atoms with Crippen molar-refractivity contribution in [2.24, 2.45) is 0 Å². The normalized spacial score (nSPS) is 8.31. The molecule has 0 saturated carbocycles. The summed E-state index contributed by atoms with van der Waals surface area (Å²) in [5.74, 6) is 0. The predicted octanol–water partition coefficient (Wildman–Crippen LogP) is 3.61. The second kappa shape index (κ2) is 15.5. The first-order chi connectivity index (χ1) is 6.34. The Morgan fingerprint density at radius 1 is 1.12 bits per heavy atom. The first-order valence-electron chi connectivity index (χ1n) is 4.85. The standard InChI is InChI=1S/C13H17.3Y/c1-3-4-5-6-10-13-11-8-7-9-12(13)2;;;/h6-9,11H,1-5,10H2;;;/q-3;;;+3. The van der Waals surface area contributed by atoms with Crippen LogP contribution < -0.4 is 0 Å². The number of benzene rings is 1. The molecule has 0 heterocycles. The molecular weight excluding hydrogens is 423 g/mol. The number of hydrogen-bond donors (Lipinski definition) is 0. The van der Waals surface area contributed by atoms with E-state index in [1.165, 1.54) is 12.0 Å². The van der Waals surface area contributed by atoms with Crippen LogP contribution in [0.15, 0.2) is 24.3 Å². The van der Waals surface area contributed by atoms with E-state index in [0.717, 1.165) is 24.8 Å². The minimum absolute atomic E-state index is 0. The molecule has 0 spiro atoms. The summed E-state index contributed by atoms with van der Waals surface area (Å²) in [5.41, 5.74) is 2.49. The SMILES string of the molecule is [CH2-]CCC[CH-]Cc1ccccc1[CH2-].[Y+3].[Y].[Y]. The first-order valence-corrected chi connectivity index (χ1v) is 4.85. The van der Waals surface area contributed by atoms with Crippen molar-refractivity contribution >= 4 is 0 Å². The minimum Gasteiger partial charge on any atom is -0.343 e. The van der Waals surface area contributed by atoms with Gasteiger partial charge in [-0.15, -0.1) is 18.6 Å². The quantitative estimate of drug-likeness (QED) is 0.485. The maximum atomic E-state index is 3.99. The molecular formula is C13H17Y3. The summed E-state index contributed by atoms with van der Waals surface area (Å²) in [6.07, 6.45) is 6.74. The van der Waals surface area contributed by atoms with Crippen LogP contribution >= 0.6 is 0 Å². The molecule has 0 aliphatic rings. The number of hydrogen-bond acceptors (Lipinski definition) is 0. The van der Waals surface area contributed by atoms with Crippen LogP contribution in [0.25, 0.3) is 0 Å². The smallest absolute Gasteiger partial charge is 0.343 e. The van der Waals surface area contributed by atoms with Gasteiger partial charge in [-0.3, -0.25) is 0 Å². The van der Waals surface area contributed by atoms with E-state index in [9.17, 15) is 0 Å². The molecule has 0 aromatic heterocycles. The zero-order valence-corrected chi connectivity index (χ0v) is 18.4. The topological polar surface area (TPSA) is 0 Å². The summed E-state index contributed by atoms with van der Waals surface area (Å²) in [4.78, 5) is 0. The number of unbranched alkanes of at least 4 members (excludes halogenated alkanes) is 3. The fraction of sp³-hybridized carbons (Fsp3) is 0.308. The largest absolute Gasteiger partial charge is 3.00 e. The second-order valence-corrected chi connectivity index (χ2v) is 3.26. The Hall–Kier alpha value is 2.40. The van der Waals surface area contributed by atoms with Crippen molar-refractivity contribution in [3.8, 4) is 0 Å². The monoisotopic (exact) mass is 440 g/mol. The third-order valence-electron chi connectivity index (χ3n) is 2.14. The van der Waals surface area contributed by atoms with E-state index in [-0.39, 0.29) is 98.1 Å². The van der Waals surface area contributed by atoms with E-state index < -0.39 is 0 Å². The van der Waals surface area contributed by atoms with Crippen molar-refractivity contribution in [1.82, 2.24) is 0 Å². The van der Waals surface area contributed by atoms with Crippen LogP contribution in [0.4, 0.5) is 0 Å². The van der Waals surface area contributed by atoms with Crippen LogP contribution in [0.2, 0.25) is 0 Å². The molecule has 1 rings (SSSR count). The van der Waals surface area contributed by atoms with Gasteiger partial charge < -0.3 is 13.3 Å². The average Bonchev–Trinajstić information content (AvgIpc) is 2.15. The summed E-state index contributed by atoms with van der Waals surface area (Å²) < 4.78 is 0. The van der Waals surface area contributed by atoms with E-state index in [2.05, 4.69) is 38.5 Å². The third kappa shape index (κ3) is 10.3. The summed E-state index contributed by atoms with van der Waals surface area (Å²) >= 11 is 0. The van der Waals surface area contributed by atoms with Gasteiger partial charge in [0.15, 0.2) is 0 Å². The first kappa shape index (κ1) is 23.5. The van der Waals surface area contributed by atoms with Gasteiger partial charge in [-0.2, -0.15) is 37.0 Å². The van der Waals surface area contributed by atoms with Crippen LogP contribution in [0.1, 0.15) is 30.4 Å². The third-order valence-corrected chi connectivity index (χ3v) is 2.14. The molecule has 1 aromatic carbocycles. The van der Waals surface area contributed by atoms with Crippen LogP contribution in [0.3, 0.4) is 0 Å². The van der Waals surface area contributed by atoms with Gasteiger partial charge in [-0.25, -0.2) is 6.42 Å². The molecule has 78 valence electrons. The fourth-order valence-electron chi connectivity index (χ4n) is 1.30. The number of rotatable bonds is 5. The van der Waals surface area contributed by atoms with Gasteiger partial charge in [0.25, 0.3) is 0 Å². The molecule has 0 saturated heterocycles. The van der Waals surface area contributed by atoms with Crippen LogP contribution in [-0.2, 0) is 105 Å². The van der Waals surface area contributed by atoms with Crippen LogP contribution in [0.5, 0.6) is 0 Å². The Kier molecular flexibility index (Phi) is 22.7. The minimum atomic E-state index is 0. The summed E-state index contributed by atoms with van der Waals surface area (Å²) in [7, 11) is 0. The molecule has 0 aliphatic heterocycles. The van der Waals surface area contributed by atoms with Crippen LogP contribution in [0, 0.1) is 20.3 Å². The predicted molar refractivity (Wildman–Crippen MR) is 58.1 cm³/mol. The summed E-state index contributed by atoms with van der Waals surface area (Å²) in [6, 6.07) is 8.30. The van der Waals surface area contributed by atoms with Gasteiger partial charge in [-0.05, 0) is 0 Å². The van der Waals surface area contributed by atoms with Crippen molar-refractivity contribution in [3.63, 3.8) is 0 Å². The summed E-state index contributed by atoms with van der Waals surface area (Å²) in [6.45, 7) is 7.80. The van der Waals surface area contributed by atoms with Gasteiger partial charge >= 0.3 is 32.7 Å². The molecule has 3 heteroatoms. The van der Waals surface area contributed by atoms with Gasteiger partial charge in [0.05, 0.1) is 0 Å². The van der Waals surface area contributed by atoms with Crippen molar-refractivity contribution in [1.29, 1.82) is 0 Å². The Morgan fingerprint density at radius 3 is 2.31 bits per heavy atom. The Balaban J connectivity index is -0.000000563. The zero-order valence-electron chi connectivity index (χ0n) is 9.86. The Labute approximate surface area is 176 Å². The van der Waals surface area contributed by atoms with Gasteiger partial charge in [-0.1, -0.05) is 6.07 Å². The van der Waals surface area contributed by atoms with E-state index in [1.54, 1.807) is 0 Å².